The molecule has 9 heteroatoms. The van der Waals surface area contributed by atoms with E-state index in [9.17, 15) is 20.2 Å². The van der Waals surface area contributed by atoms with E-state index < -0.39 is 10.8 Å². The Kier molecular flexibility index (Phi) is 6.33. The molecule has 0 spiro atoms. The van der Waals surface area contributed by atoms with Gasteiger partial charge in [-0.1, -0.05) is 11.6 Å². The molecule has 7 nitrogen and oxygen atoms in total. The van der Waals surface area contributed by atoms with Crippen LogP contribution in [0.4, 0.5) is 11.4 Å². The van der Waals surface area contributed by atoms with Gasteiger partial charge in [-0.15, -0.1) is 0 Å². The lowest BCUT2D eigenvalue weighted by Crippen LogP contribution is -2.13. The Bertz CT molecular complexity index is 936. The van der Waals surface area contributed by atoms with E-state index in [4.69, 9.17) is 16.3 Å². The van der Waals surface area contributed by atoms with Crippen LogP contribution in [-0.4, -0.2) is 17.9 Å². The number of benzene rings is 2. The second kappa shape index (κ2) is 8.47. The van der Waals surface area contributed by atoms with Gasteiger partial charge in [-0.05, 0) is 57.9 Å². The largest absolute Gasteiger partial charge is 0.489 e. The molecule has 0 saturated heterocycles. The molecule has 0 aliphatic rings. The van der Waals surface area contributed by atoms with Gasteiger partial charge in [0.05, 0.1) is 16.5 Å². The van der Waals surface area contributed by atoms with E-state index >= 15 is 0 Å². The smallest absolute Gasteiger partial charge is 0.312 e. The number of hydrogen-bond donors (Lipinski definition) is 1. The fourth-order valence-corrected chi connectivity index (χ4v) is 2.82. The van der Waals surface area contributed by atoms with Crippen molar-refractivity contribution in [2.75, 3.05) is 12.4 Å². The average Bonchev–Trinajstić information content (AvgIpc) is 2.60. The molecule has 0 heterocycles. The number of hydrogen-bond acceptors (Lipinski definition) is 5. The number of nitro groups is 1. The molecule has 0 saturated carbocycles. The number of nitrogens with one attached hydrogen (secondary N) is 1. The molecular weight excluding hydrogens is 426 g/mol. The molecule has 2 aromatic rings. The molecule has 0 fully saturated rings. The van der Waals surface area contributed by atoms with Gasteiger partial charge in [0.25, 0.3) is 5.91 Å². The number of carbonyl (C=O) groups excluding carboxylic acids is 1. The Morgan fingerprint density at radius 3 is 2.58 bits per heavy atom. The summed E-state index contributed by atoms with van der Waals surface area (Å²) in [6.45, 7) is 0. The highest BCUT2D eigenvalue weighted by Crippen LogP contribution is 2.36. The van der Waals surface area contributed by atoms with Crippen molar-refractivity contribution in [2.45, 2.75) is 0 Å². The summed E-state index contributed by atoms with van der Waals surface area (Å²) in [4.78, 5) is 22.8. The van der Waals surface area contributed by atoms with Crippen LogP contribution in [0.25, 0.3) is 6.08 Å². The number of nitrogens with zero attached hydrogens (tertiary/aromatic N) is 2. The van der Waals surface area contributed by atoms with Gasteiger partial charge in [-0.3, -0.25) is 14.9 Å². The lowest BCUT2D eigenvalue weighted by Gasteiger charge is -2.07. The summed E-state index contributed by atoms with van der Waals surface area (Å²) in [5.74, 6) is -0.597. The molecule has 2 rings (SSSR count). The van der Waals surface area contributed by atoms with E-state index in [1.165, 1.54) is 25.3 Å². The minimum atomic E-state index is -0.649. The molecule has 132 valence electrons. The summed E-state index contributed by atoms with van der Waals surface area (Å²) < 4.78 is 5.33. The van der Waals surface area contributed by atoms with E-state index in [1.807, 2.05) is 0 Å². The van der Waals surface area contributed by atoms with Crippen molar-refractivity contribution in [3.05, 3.63) is 67.1 Å². The highest BCUT2D eigenvalue weighted by atomic mass is 79.9. The Morgan fingerprint density at radius 1 is 1.38 bits per heavy atom. The van der Waals surface area contributed by atoms with Crippen LogP contribution in [0.2, 0.25) is 5.02 Å². The fraction of sp³-hybridized carbons (Fsp3) is 0.0588. The Balaban J connectivity index is 2.36. The maximum absolute atomic E-state index is 12.3. The summed E-state index contributed by atoms with van der Waals surface area (Å²) >= 11 is 8.96. The number of rotatable bonds is 5. The predicted molar refractivity (Wildman–Crippen MR) is 101 cm³/mol. The molecule has 26 heavy (non-hydrogen) atoms. The van der Waals surface area contributed by atoms with E-state index in [0.717, 1.165) is 0 Å². The second-order valence-electron chi connectivity index (χ2n) is 4.94. The summed E-state index contributed by atoms with van der Waals surface area (Å²) in [5.41, 5.74) is 0.254. The molecule has 0 unspecified atom stereocenters. The second-order valence-corrected chi connectivity index (χ2v) is 6.23. The normalized spacial score (nSPS) is 10.8. The third-order valence-corrected chi connectivity index (χ3v) is 4.07. The quantitative estimate of drug-likeness (QED) is 0.320. The minimum Gasteiger partial charge on any atom is -0.489 e. The fourth-order valence-electron chi connectivity index (χ4n) is 2.07. The maximum atomic E-state index is 12.3. The lowest BCUT2D eigenvalue weighted by atomic mass is 10.1. The van der Waals surface area contributed by atoms with Crippen LogP contribution in [-0.2, 0) is 4.79 Å². The Hall–Kier alpha value is -2.89. The third kappa shape index (κ3) is 4.59. The first-order chi connectivity index (χ1) is 12.3. The maximum Gasteiger partial charge on any atom is 0.312 e. The number of ether oxygens (including phenoxy) is 1. The van der Waals surface area contributed by atoms with Crippen LogP contribution in [0.15, 0.2) is 46.4 Å². The van der Waals surface area contributed by atoms with Crippen LogP contribution >= 0.6 is 27.5 Å². The van der Waals surface area contributed by atoms with Crippen molar-refractivity contribution in [3.8, 4) is 11.8 Å². The number of methoxy groups -OCH3 is 1. The topological polar surface area (TPSA) is 105 Å². The van der Waals surface area contributed by atoms with Crippen LogP contribution in [0.1, 0.15) is 5.56 Å². The third-order valence-electron chi connectivity index (χ3n) is 3.23. The number of halogens is 2. The van der Waals surface area contributed by atoms with Crippen molar-refractivity contribution in [3.63, 3.8) is 0 Å². The zero-order valence-electron chi connectivity index (χ0n) is 13.3. The van der Waals surface area contributed by atoms with Crippen molar-refractivity contribution >= 4 is 50.9 Å². The summed E-state index contributed by atoms with van der Waals surface area (Å²) in [5, 5.41) is 23.5. The van der Waals surface area contributed by atoms with Gasteiger partial charge in [-0.2, -0.15) is 5.26 Å². The summed E-state index contributed by atoms with van der Waals surface area (Å²) in [6, 6.07) is 10.9. The lowest BCUT2D eigenvalue weighted by molar-refractivity contribution is -0.385. The van der Waals surface area contributed by atoms with Crippen LogP contribution < -0.4 is 10.1 Å². The number of carbonyl (C=O) groups is 1. The molecule has 1 N–H and O–H groups in total. The predicted octanol–water partition coefficient (Wildman–Crippen LogP) is 4.56. The van der Waals surface area contributed by atoms with Crippen molar-refractivity contribution < 1.29 is 14.5 Å². The molecular formula is C17H11BrClN3O4. The Morgan fingerprint density at radius 2 is 2.04 bits per heavy atom. The van der Waals surface area contributed by atoms with Gasteiger partial charge < -0.3 is 10.1 Å². The first kappa shape index (κ1) is 19.4. The van der Waals surface area contributed by atoms with Crippen LogP contribution in [0.5, 0.6) is 5.75 Å². The molecule has 0 bridgehead atoms. The standard InChI is InChI=1S/C17H11BrClN3O4/c1-26-16-14(18)7-10(8-15(16)22(24)25)6-11(9-20)17(23)21-13-4-2-12(19)3-5-13/h2-8H,1H3,(H,21,23)/b11-6-. The first-order valence-electron chi connectivity index (χ1n) is 7.06. The SMILES string of the molecule is COc1c(Br)cc(/C=C(/C#N)C(=O)Nc2ccc(Cl)cc2)cc1[N+](=O)[O-]. The van der Waals surface area contributed by atoms with Gasteiger partial charge >= 0.3 is 5.69 Å². The zero-order valence-corrected chi connectivity index (χ0v) is 15.7. The number of amides is 1. The summed E-state index contributed by atoms with van der Waals surface area (Å²) in [6.07, 6.45) is 1.25. The molecule has 2 aromatic carbocycles. The molecule has 1 amide bonds. The van der Waals surface area contributed by atoms with Crippen LogP contribution in [0, 0.1) is 21.4 Å². The van der Waals surface area contributed by atoms with E-state index in [0.29, 0.717) is 20.7 Å². The first-order valence-corrected chi connectivity index (χ1v) is 8.23. The number of anilines is 1. The molecule has 0 aliphatic carbocycles. The van der Waals surface area contributed by atoms with Crippen LogP contribution in [0.3, 0.4) is 0 Å². The van der Waals surface area contributed by atoms with Crippen molar-refractivity contribution in [1.82, 2.24) is 0 Å². The average molecular weight is 437 g/mol. The zero-order chi connectivity index (χ0) is 19.3. The molecule has 0 aliphatic heterocycles. The molecule has 0 radical (unpaired) electrons. The van der Waals surface area contributed by atoms with Gasteiger partial charge in [0.2, 0.25) is 5.75 Å². The molecule has 0 atom stereocenters. The highest BCUT2D eigenvalue weighted by Gasteiger charge is 2.20. The Labute approximate surface area is 162 Å². The monoisotopic (exact) mass is 435 g/mol. The van der Waals surface area contributed by atoms with E-state index in [-0.39, 0.29) is 17.0 Å². The van der Waals surface area contributed by atoms with Gasteiger partial charge in [-0.25, -0.2) is 0 Å². The number of nitro benzene ring substituents is 1. The van der Waals surface area contributed by atoms with Gasteiger partial charge in [0.1, 0.15) is 11.6 Å². The summed E-state index contributed by atoms with van der Waals surface area (Å²) in [7, 11) is 1.31. The highest BCUT2D eigenvalue weighted by molar-refractivity contribution is 9.10. The van der Waals surface area contributed by atoms with Crippen molar-refractivity contribution in [1.29, 1.82) is 5.26 Å². The van der Waals surface area contributed by atoms with E-state index in [1.54, 1.807) is 30.3 Å². The molecule has 0 aromatic heterocycles. The van der Waals surface area contributed by atoms with Gasteiger partial charge in [0, 0.05) is 16.8 Å². The minimum absolute atomic E-state index is 0.0521. The van der Waals surface area contributed by atoms with Crippen molar-refractivity contribution in [2.24, 2.45) is 0 Å². The number of nitriles is 1. The van der Waals surface area contributed by atoms with E-state index in [2.05, 4.69) is 21.2 Å². The van der Waals surface area contributed by atoms with Gasteiger partial charge in [0.15, 0.2) is 0 Å².